The van der Waals surface area contributed by atoms with Gasteiger partial charge in [-0.25, -0.2) is 0 Å². The fraction of sp³-hybridized carbons (Fsp3) is 0.417. The van der Waals surface area contributed by atoms with Crippen molar-refractivity contribution >= 4 is 18.3 Å². The number of carbonyl (C=O) groups excluding carboxylic acids is 1. The average Bonchev–Trinajstić information content (AvgIpc) is 2.30. The van der Waals surface area contributed by atoms with Crippen molar-refractivity contribution in [1.82, 2.24) is 5.32 Å². The van der Waals surface area contributed by atoms with Crippen molar-refractivity contribution < 1.29 is 9.53 Å². The van der Waals surface area contributed by atoms with E-state index in [1.54, 1.807) is 12.1 Å². The van der Waals surface area contributed by atoms with Crippen molar-refractivity contribution in [2.45, 2.75) is 19.9 Å². The summed E-state index contributed by atoms with van der Waals surface area (Å²) in [6.45, 7) is 4.71. The van der Waals surface area contributed by atoms with Crippen molar-refractivity contribution in [3.63, 3.8) is 0 Å². The molecule has 5 heteroatoms. The minimum atomic E-state index is -0.151. The Balaban J connectivity index is 0.00000256. The van der Waals surface area contributed by atoms with Crippen molar-refractivity contribution in [1.29, 1.82) is 0 Å². The fourth-order valence-electron chi connectivity index (χ4n) is 1.30. The van der Waals surface area contributed by atoms with Gasteiger partial charge in [0.1, 0.15) is 5.75 Å². The summed E-state index contributed by atoms with van der Waals surface area (Å²) in [5.41, 5.74) is 6.00. The Bertz CT molecular complexity index is 358. The number of rotatable bonds is 5. The third kappa shape index (κ3) is 4.63. The molecule has 96 valence electrons. The zero-order valence-electron chi connectivity index (χ0n) is 10.1. The first-order chi connectivity index (χ1) is 7.69. The molecule has 1 aromatic rings. The minimum absolute atomic E-state index is 0. The predicted molar refractivity (Wildman–Crippen MR) is 70.8 cm³/mol. The van der Waals surface area contributed by atoms with Crippen LogP contribution in [0.2, 0.25) is 0 Å². The molecule has 0 spiro atoms. The van der Waals surface area contributed by atoms with Gasteiger partial charge in [0.05, 0.1) is 12.2 Å². The van der Waals surface area contributed by atoms with E-state index in [1.807, 2.05) is 26.0 Å². The highest BCUT2D eigenvalue weighted by atomic mass is 35.5. The number of halogens is 1. The Hall–Kier alpha value is -1.26. The molecule has 1 rings (SSSR count). The minimum Gasteiger partial charge on any atom is -0.493 e. The monoisotopic (exact) mass is 258 g/mol. The van der Waals surface area contributed by atoms with E-state index in [9.17, 15) is 4.79 Å². The molecule has 3 N–H and O–H groups in total. The highest BCUT2D eigenvalue weighted by Gasteiger charge is 2.13. The van der Waals surface area contributed by atoms with Crippen LogP contribution in [0.3, 0.4) is 0 Å². The summed E-state index contributed by atoms with van der Waals surface area (Å²) >= 11 is 0. The van der Waals surface area contributed by atoms with Crippen LogP contribution in [0, 0.1) is 0 Å². The van der Waals surface area contributed by atoms with Crippen LogP contribution in [0.15, 0.2) is 24.3 Å². The number of para-hydroxylation sites is 1. The SMILES string of the molecule is CCOc1ccccc1C(=O)N[C@@H](C)CN.Cl. The molecule has 17 heavy (non-hydrogen) atoms. The molecule has 1 amide bonds. The van der Waals surface area contributed by atoms with Gasteiger partial charge in [-0.1, -0.05) is 12.1 Å². The Morgan fingerprint density at radius 3 is 2.71 bits per heavy atom. The molecular weight excluding hydrogens is 240 g/mol. The molecule has 0 fully saturated rings. The summed E-state index contributed by atoms with van der Waals surface area (Å²) in [6, 6.07) is 7.13. The maximum Gasteiger partial charge on any atom is 0.255 e. The van der Waals surface area contributed by atoms with Crippen LogP contribution in [0.1, 0.15) is 24.2 Å². The Labute approximate surface area is 108 Å². The molecule has 0 unspecified atom stereocenters. The topological polar surface area (TPSA) is 64.3 Å². The normalized spacial score (nSPS) is 11.2. The lowest BCUT2D eigenvalue weighted by Crippen LogP contribution is -2.37. The molecule has 0 heterocycles. The molecule has 0 aliphatic carbocycles. The Morgan fingerprint density at radius 1 is 1.47 bits per heavy atom. The molecule has 0 aromatic heterocycles. The highest BCUT2D eigenvalue weighted by molar-refractivity contribution is 5.97. The number of amides is 1. The number of ether oxygens (including phenoxy) is 1. The molecule has 0 aliphatic heterocycles. The first kappa shape index (κ1) is 15.7. The number of nitrogens with one attached hydrogen (secondary N) is 1. The van der Waals surface area contributed by atoms with E-state index < -0.39 is 0 Å². The van der Waals surface area contributed by atoms with Gasteiger partial charge in [0, 0.05) is 12.6 Å². The van der Waals surface area contributed by atoms with E-state index in [4.69, 9.17) is 10.5 Å². The van der Waals surface area contributed by atoms with Crippen LogP contribution < -0.4 is 15.8 Å². The van der Waals surface area contributed by atoms with Gasteiger partial charge in [-0.2, -0.15) is 0 Å². The summed E-state index contributed by atoms with van der Waals surface area (Å²) in [5.74, 6) is 0.453. The Kier molecular flexibility index (Phi) is 7.34. The van der Waals surface area contributed by atoms with Crippen LogP contribution in [0.5, 0.6) is 5.75 Å². The number of benzene rings is 1. The Morgan fingerprint density at radius 2 is 2.12 bits per heavy atom. The van der Waals surface area contributed by atoms with E-state index in [2.05, 4.69) is 5.32 Å². The maximum atomic E-state index is 11.9. The summed E-state index contributed by atoms with van der Waals surface area (Å²) in [4.78, 5) is 11.9. The van der Waals surface area contributed by atoms with Gasteiger partial charge in [-0.3, -0.25) is 4.79 Å². The fourth-order valence-corrected chi connectivity index (χ4v) is 1.30. The summed E-state index contributed by atoms with van der Waals surface area (Å²) in [7, 11) is 0. The van der Waals surface area contributed by atoms with E-state index in [1.165, 1.54) is 0 Å². The lowest BCUT2D eigenvalue weighted by Gasteiger charge is -2.13. The van der Waals surface area contributed by atoms with E-state index in [0.29, 0.717) is 24.5 Å². The smallest absolute Gasteiger partial charge is 0.255 e. The van der Waals surface area contributed by atoms with Crippen molar-refractivity contribution in [2.24, 2.45) is 5.73 Å². The first-order valence-corrected chi connectivity index (χ1v) is 5.41. The second kappa shape index (κ2) is 7.92. The molecular formula is C12H19ClN2O2. The predicted octanol–water partition coefficient (Wildman–Crippen LogP) is 1.58. The van der Waals surface area contributed by atoms with Crippen LogP contribution in [-0.4, -0.2) is 25.1 Å². The van der Waals surface area contributed by atoms with Gasteiger partial charge in [0.25, 0.3) is 5.91 Å². The average molecular weight is 259 g/mol. The second-order valence-electron chi connectivity index (χ2n) is 3.54. The quantitative estimate of drug-likeness (QED) is 0.843. The van der Waals surface area contributed by atoms with E-state index >= 15 is 0 Å². The second-order valence-corrected chi connectivity index (χ2v) is 3.54. The van der Waals surface area contributed by atoms with Crippen molar-refractivity contribution in [3.05, 3.63) is 29.8 Å². The highest BCUT2D eigenvalue weighted by Crippen LogP contribution is 2.17. The molecule has 4 nitrogen and oxygen atoms in total. The summed E-state index contributed by atoms with van der Waals surface area (Å²) in [5, 5.41) is 2.80. The zero-order chi connectivity index (χ0) is 12.0. The summed E-state index contributed by atoms with van der Waals surface area (Å²) in [6.07, 6.45) is 0. The number of hydrogen-bond acceptors (Lipinski definition) is 3. The van der Waals surface area contributed by atoms with Gasteiger partial charge < -0.3 is 15.8 Å². The molecule has 1 atom stereocenters. The van der Waals surface area contributed by atoms with Crippen molar-refractivity contribution in [2.75, 3.05) is 13.2 Å². The van der Waals surface area contributed by atoms with Crippen LogP contribution in [0.4, 0.5) is 0 Å². The molecule has 0 aliphatic rings. The maximum absolute atomic E-state index is 11.9. The molecule has 0 bridgehead atoms. The number of nitrogens with two attached hydrogens (primary N) is 1. The molecule has 1 aromatic carbocycles. The lowest BCUT2D eigenvalue weighted by atomic mass is 10.1. The van der Waals surface area contributed by atoms with Crippen LogP contribution in [0.25, 0.3) is 0 Å². The van der Waals surface area contributed by atoms with Gasteiger partial charge >= 0.3 is 0 Å². The first-order valence-electron chi connectivity index (χ1n) is 5.41. The van der Waals surface area contributed by atoms with Crippen molar-refractivity contribution in [3.8, 4) is 5.75 Å². The molecule has 0 saturated heterocycles. The molecule has 0 saturated carbocycles. The zero-order valence-corrected chi connectivity index (χ0v) is 10.9. The van der Waals surface area contributed by atoms with Gasteiger partial charge in [-0.05, 0) is 26.0 Å². The van der Waals surface area contributed by atoms with E-state index in [-0.39, 0.29) is 24.4 Å². The molecule has 0 radical (unpaired) electrons. The van der Waals surface area contributed by atoms with Gasteiger partial charge in [0.15, 0.2) is 0 Å². The van der Waals surface area contributed by atoms with Crippen LogP contribution in [-0.2, 0) is 0 Å². The van der Waals surface area contributed by atoms with Gasteiger partial charge in [0.2, 0.25) is 0 Å². The number of hydrogen-bond donors (Lipinski definition) is 2. The summed E-state index contributed by atoms with van der Waals surface area (Å²) < 4.78 is 5.38. The van der Waals surface area contributed by atoms with Crippen LogP contribution >= 0.6 is 12.4 Å². The third-order valence-corrected chi connectivity index (χ3v) is 2.16. The van der Waals surface area contributed by atoms with E-state index in [0.717, 1.165) is 0 Å². The largest absolute Gasteiger partial charge is 0.493 e. The standard InChI is InChI=1S/C12H18N2O2.ClH/c1-3-16-11-7-5-4-6-10(11)12(15)14-9(2)8-13;/h4-7,9H,3,8,13H2,1-2H3,(H,14,15);1H/t9-;/m0./s1. The number of carbonyl (C=O) groups is 1. The lowest BCUT2D eigenvalue weighted by molar-refractivity contribution is 0.0937. The third-order valence-electron chi connectivity index (χ3n) is 2.16. The van der Waals surface area contributed by atoms with Gasteiger partial charge in [-0.15, -0.1) is 12.4 Å².